The number of halogens is 1. The van der Waals surface area contributed by atoms with Crippen molar-refractivity contribution in [1.82, 2.24) is 4.90 Å². The number of nitrogens with zero attached hydrogens (tertiary/aromatic N) is 4. The highest BCUT2D eigenvalue weighted by atomic mass is 79.9. The number of benzene rings is 1. The number of hydrogen-bond donors (Lipinski definition) is 1. The maximum Gasteiger partial charge on any atom is 0.410 e. The number of ether oxygens (including phenoxy) is 2. The third-order valence-corrected chi connectivity index (χ3v) is 6.60. The first kappa shape index (κ1) is 24.3. The van der Waals surface area contributed by atoms with Crippen LogP contribution in [0.3, 0.4) is 0 Å². The zero-order valence-corrected chi connectivity index (χ0v) is 20.4. The lowest BCUT2D eigenvalue weighted by molar-refractivity contribution is 0.0223. The number of carbonyl (C=O) groups is 1. The minimum Gasteiger partial charge on any atom is -0.496 e. The zero-order chi connectivity index (χ0) is 24.6. The monoisotopic (exact) mass is 509 g/mol. The Bertz CT molecular complexity index is 1130. The second-order valence-corrected chi connectivity index (χ2v) is 9.92. The standard InChI is InChI=1S/C24H24BrN5O3/c1-23(2,3)33-22(31)30-8-7-17-16(11-30)20(14-5-6-19(32-4)18(25)9-14)15(10-26)21(29)24(17,12-27)13-28/h5-7,9,15-16,20,29H,8,11H2,1-4H3/t15-,16+,20+/m1/s1. The van der Waals surface area contributed by atoms with Crippen LogP contribution in [-0.4, -0.2) is 42.5 Å². The van der Waals surface area contributed by atoms with Crippen molar-refractivity contribution < 1.29 is 14.3 Å². The first-order valence-electron chi connectivity index (χ1n) is 10.4. The smallest absolute Gasteiger partial charge is 0.410 e. The zero-order valence-electron chi connectivity index (χ0n) is 18.8. The molecule has 1 aromatic carbocycles. The fraction of sp³-hybridized carbons (Fsp3) is 0.458. The van der Waals surface area contributed by atoms with Crippen LogP contribution in [0.25, 0.3) is 0 Å². The van der Waals surface area contributed by atoms with Gasteiger partial charge in [-0.3, -0.25) is 0 Å². The van der Waals surface area contributed by atoms with E-state index in [1.165, 1.54) is 4.90 Å². The Balaban J connectivity index is 2.16. The SMILES string of the molecule is COc1ccc([C@H]2[C@@H](C#N)C(=N)C(C#N)(C#N)C3=CCN(C(=O)OC(C)(C)C)C[C@@H]32)cc1Br. The maximum atomic E-state index is 12.8. The van der Waals surface area contributed by atoms with Crippen LogP contribution < -0.4 is 4.74 Å². The normalized spacial score (nSPS) is 23.8. The highest BCUT2D eigenvalue weighted by molar-refractivity contribution is 9.10. The van der Waals surface area contributed by atoms with Gasteiger partial charge >= 0.3 is 6.09 Å². The summed E-state index contributed by atoms with van der Waals surface area (Å²) in [6.45, 7) is 5.63. The molecular formula is C24H24BrN5O3. The van der Waals surface area contributed by atoms with Gasteiger partial charge in [0.1, 0.15) is 11.4 Å². The first-order chi connectivity index (χ1) is 15.5. The molecule has 0 aromatic heterocycles. The third-order valence-electron chi connectivity index (χ3n) is 5.98. The average molecular weight is 510 g/mol. The van der Waals surface area contributed by atoms with Crippen LogP contribution in [0.1, 0.15) is 32.3 Å². The fourth-order valence-corrected chi connectivity index (χ4v) is 5.08. The summed E-state index contributed by atoms with van der Waals surface area (Å²) in [5, 5.41) is 38.7. The Kier molecular flexibility index (Phi) is 6.54. The lowest BCUT2D eigenvalue weighted by Crippen LogP contribution is -2.53. The molecule has 170 valence electrons. The van der Waals surface area contributed by atoms with E-state index in [0.717, 1.165) is 5.56 Å². The Labute approximate surface area is 201 Å². The van der Waals surface area contributed by atoms with E-state index >= 15 is 0 Å². The van der Waals surface area contributed by atoms with Gasteiger partial charge in [-0.2, -0.15) is 15.8 Å². The minimum atomic E-state index is -1.84. The fourth-order valence-electron chi connectivity index (χ4n) is 4.52. The second kappa shape index (κ2) is 8.89. The molecule has 1 N–H and O–H groups in total. The van der Waals surface area contributed by atoms with Crippen LogP contribution in [0.15, 0.2) is 34.3 Å². The highest BCUT2D eigenvalue weighted by Gasteiger charge is 2.57. The molecule has 1 aromatic rings. The number of hydrogen-bond acceptors (Lipinski definition) is 7. The van der Waals surface area contributed by atoms with Gasteiger partial charge in [0.2, 0.25) is 5.41 Å². The molecule has 0 spiro atoms. The Hall–Kier alpha value is -3.35. The van der Waals surface area contributed by atoms with Crippen LogP contribution in [-0.2, 0) is 4.74 Å². The van der Waals surface area contributed by atoms with Crippen molar-refractivity contribution >= 4 is 27.7 Å². The molecule has 33 heavy (non-hydrogen) atoms. The largest absolute Gasteiger partial charge is 0.496 e. The average Bonchev–Trinajstić information content (AvgIpc) is 2.77. The van der Waals surface area contributed by atoms with E-state index in [-0.39, 0.29) is 18.8 Å². The van der Waals surface area contributed by atoms with E-state index in [9.17, 15) is 20.6 Å². The molecule has 1 fully saturated rings. The molecular weight excluding hydrogens is 486 g/mol. The molecule has 1 amide bonds. The van der Waals surface area contributed by atoms with Gasteiger partial charge in [-0.25, -0.2) is 4.79 Å². The van der Waals surface area contributed by atoms with Crippen LogP contribution >= 0.6 is 15.9 Å². The third kappa shape index (κ3) is 4.19. The minimum absolute atomic E-state index is 0.148. The van der Waals surface area contributed by atoms with Crippen LogP contribution in [0.2, 0.25) is 0 Å². The number of nitrogens with one attached hydrogen (secondary N) is 1. The van der Waals surface area contributed by atoms with E-state index in [0.29, 0.717) is 15.8 Å². The molecule has 0 radical (unpaired) electrons. The highest BCUT2D eigenvalue weighted by Crippen LogP contribution is 2.52. The van der Waals surface area contributed by atoms with Crippen LogP contribution in [0.5, 0.6) is 5.75 Å². The van der Waals surface area contributed by atoms with Crippen LogP contribution in [0, 0.1) is 56.7 Å². The molecule has 3 atom stereocenters. The predicted octanol–water partition coefficient (Wildman–Crippen LogP) is 4.54. The summed E-state index contributed by atoms with van der Waals surface area (Å²) < 4.78 is 11.5. The summed E-state index contributed by atoms with van der Waals surface area (Å²) in [5.41, 5.74) is -1.56. The molecule has 1 saturated carbocycles. The van der Waals surface area contributed by atoms with E-state index in [1.807, 2.05) is 24.3 Å². The number of methoxy groups -OCH3 is 1. The quantitative estimate of drug-likeness (QED) is 0.581. The van der Waals surface area contributed by atoms with Gasteiger partial charge in [-0.15, -0.1) is 0 Å². The van der Waals surface area contributed by atoms with E-state index in [2.05, 4.69) is 22.0 Å². The molecule has 1 heterocycles. The molecule has 1 aliphatic heterocycles. The number of nitriles is 3. The Morgan fingerprint density at radius 3 is 2.45 bits per heavy atom. The molecule has 2 aliphatic rings. The van der Waals surface area contributed by atoms with E-state index in [1.54, 1.807) is 40.0 Å². The molecule has 8 nitrogen and oxygen atoms in total. The van der Waals surface area contributed by atoms with Gasteiger partial charge in [0.25, 0.3) is 0 Å². The van der Waals surface area contributed by atoms with Crippen molar-refractivity contribution in [2.75, 3.05) is 20.2 Å². The Morgan fingerprint density at radius 1 is 1.27 bits per heavy atom. The lowest BCUT2D eigenvalue weighted by Gasteiger charge is -2.47. The molecule has 3 rings (SSSR count). The van der Waals surface area contributed by atoms with Crippen molar-refractivity contribution in [2.45, 2.75) is 32.3 Å². The van der Waals surface area contributed by atoms with Gasteiger partial charge < -0.3 is 19.8 Å². The van der Waals surface area contributed by atoms with Crippen molar-refractivity contribution in [3.05, 3.63) is 39.9 Å². The summed E-state index contributed by atoms with van der Waals surface area (Å²) in [5.74, 6) is -1.48. The van der Waals surface area contributed by atoms with Gasteiger partial charge in [-0.1, -0.05) is 12.1 Å². The topological polar surface area (TPSA) is 134 Å². The summed E-state index contributed by atoms with van der Waals surface area (Å²) in [7, 11) is 1.54. The van der Waals surface area contributed by atoms with Crippen molar-refractivity contribution in [3.63, 3.8) is 0 Å². The van der Waals surface area contributed by atoms with Crippen molar-refractivity contribution in [1.29, 1.82) is 21.2 Å². The van der Waals surface area contributed by atoms with Crippen molar-refractivity contribution in [2.24, 2.45) is 17.3 Å². The van der Waals surface area contributed by atoms with Crippen LogP contribution in [0.4, 0.5) is 4.79 Å². The molecule has 9 heteroatoms. The molecule has 0 bridgehead atoms. The number of fused-ring (bicyclic) bond motifs is 1. The first-order valence-corrected chi connectivity index (χ1v) is 11.1. The maximum absolute atomic E-state index is 12.8. The summed E-state index contributed by atoms with van der Waals surface area (Å²) in [6.07, 6.45) is 1.15. The van der Waals surface area contributed by atoms with Gasteiger partial charge in [0.05, 0.1) is 41.4 Å². The predicted molar refractivity (Wildman–Crippen MR) is 123 cm³/mol. The number of amides is 1. The van der Waals surface area contributed by atoms with Gasteiger partial charge in [-0.05, 0) is 60.0 Å². The second-order valence-electron chi connectivity index (χ2n) is 9.07. The number of carbonyl (C=O) groups excluding carboxylic acids is 1. The van der Waals surface area contributed by atoms with Gasteiger partial charge in [0.15, 0.2) is 0 Å². The van der Waals surface area contributed by atoms with E-state index < -0.39 is 34.9 Å². The number of rotatable bonds is 2. The van der Waals surface area contributed by atoms with E-state index in [4.69, 9.17) is 14.9 Å². The van der Waals surface area contributed by atoms with Crippen molar-refractivity contribution in [3.8, 4) is 24.0 Å². The van der Waals surface area contributed by atoms with Gasteiger partial charge in [0, 0.05) is 24.9 Å². The summed E-state index contributed by atoms with van der Waals surface area (Å²) in [4.78, 5) is 14.3. The Morgan fingerprint density at radius 2 is 1.94 bits per heavy atom. The summed E-state index contributed by atoms with van der Waals surface area (Å²) in [6, 6.07) is 11.5. The summed E-state index contributed by atoms with van der Waals surface area (Å²) >= 11 is 3.47. The molecule has 0 unspecified atom stereocenters. The molecule has 0 saturated heterocycles. The lowest BCUT2D eigenvalue weighted by atomic mass is 9.55. The molecule has 1 aliphatic carbocycles.